The quantitative estimate of drug-likeness (QED) is 0.288. The Labute approximate surface area is 198 Å². The molecule has 1 unspecified atom stereocenters. The van der Waals surface area contributed by atoms with E-state index in [1.54, 1.807) is 48.5 Å². The zero-order valence-corrected chi connectivity index (χ0v) is 18.5. The van der Waals surface area contributed by atoms with E-state index in [0.29, 0.717) is 22.6 Å². The minimum Gasteiger partial charge on any atom is -0.504 e. The Balaban J connectivity index is 1.82. The van der Waals surface area contributed by atoms with Gasteiger partial charge in [0.2, 0.25) is 12.5 Å². The molecular formula is C26H20O9. The summed E-state index contributed by atoms with van der Waals surface area (Å²) < 4.78 is 21.7. The van der Waals surface area contributed by atoms with Gasteiger partial charge in [-0.2, -0.15) is 0 Å². The van der Waals surface area contributed by atoms with E-state index in [1.807, 2.05) is 0 Å². The van der Waals surface area contributed by atoms with E-state index in [-0.39, 0.29) is 35.5 Å². The molecule has 1 aliphatic heterocycles. The number of rotatable bonds is 5. The lowest BCUT2D eigenvalue weighted by Gasteiger charge is -2.21. The molecule has 3 N–H and O–H groups in total. The molecule has 1 aliphatic rings. The van der Waals surface area contributed by atoms with Crippen molar-refractivity contribution in [2.75, 3.05) is 13.9 Å². The zero-order chi connectivity index (χ0) is 24.7. The van der Waals surface area contributed by atoms with Gasteiger partial charge in [0.15, 0.2) is 28.4 Å². The topological polar surface area (TPSA) is 136 Å². The number of methoxy groups -OCH3 is 1. The average molecular weight is 476 g/mol. The van der Waals surface area contributed by atoms with Gasteiger partial charge >= 0.3 is 5.97 Å². The summed E-state index contributed by atoms with van der Waals surface area (Å²) in [6, 6.07) is 14.9. The molecular weight excluding hydrogens is 456 g/mol. The lowest BCUT2D eigenvalue weighted by atomic mass is 9.86. The molecule has 1 aromatic heterocycles. The van der Waals surface area contributed by atoms with Crippen molar-refractivity contribution < 1.29 is 38.7 Å². The molecule has 0 radical (unpaired) electrons. The monoisotopic (exact) mass is 476 g/mol. The van der Waals surface area contributed by atoms with Crippen LogP contribution in [0.25, 0.3) is 22.3 Å². The van der Waals surface area contributed by atoms with Gasteiger partial charge in [0.1, 0.15) is 16.7 Å². The summed E-state index contributed by atoms with van der Waals surface area (Å²) in [5.41, 5.74) is 0.207. The highest BCUT2D eigenvalue weighted by Crippen LogP contribution is 2.50. The van der Waals surface area contributed by atoms with Crippen LogP contribution in [0.3, 0.4) is 0 Å². The Hall–Kier alpha value is -4.66. The maximum Gasteiger partial charge on any atom is 0.306 e. The number of ether oxygens (including phenoxy) is 3. The lowest BCUT2D eigenvalue weighted by Crippen LogP contribution is -2.12. The van der Waals surface area contributed by atoms with Crippen LogP contribution in [0.1, 0.15) is 23.5 Å². The van der Waals surface area contributed by atoms with Crippen molar-refractivity contribution in [2.24, 2.45) is 0 Å². The van der Waals surface area contributed by atoms with E-state index in [4.69, 9.17) is 18.6 Å². The summed E-state index contributed by atoms with van der Waals surface area (Å²) in [6.07, 6.45) is -0.276. The van der Waals surface area contributed by atoms with Gasteiger partial charge in [0, 0.05) is 23.1 Å². The van der Waals surface area contributed by atoms with E-state index < -0.39 is 34.6 Å². The second-order valence-electron chi connectivity index (χ2n) is 7.95. The zero-order valence-electron chi connectivity index (χ0n) is 18.5. The van der Waals surface area contributed by atoms with Crippen molar-refractivity contribution in [3.63, 3.8) is 0 Å². The van der Waals surface area contributed by atoms with Gasteiger partial charge < -0.3 is 33.9 Å². The predicted molar refractivity (Wildman–Crippen MR) is 124 cm³/mol. The van der Waals surface area contributed by atoms with Crippen molar-refractivity contribution in [3.8, 4) is 40.1 Å². The number of carbonyl (C=O) groups is 1. The molecule has 4 aromatic rings. The van der Waals surface area contributed by atoms with Gasteiger partial charge in [-0.3, -0.25) is 9.59 Å². The van der Waals surface area contributed by atoms with Crippen LogP contribution in [-0.4, -0.2) is 35.2 Å². The van der Waals surface area contributed by atoms with Crippen LogP contribution < -0.4 is 14.9 Å². The minimum absolute atomic E-state index is 0.0317. The Kier molecular flexibility index (Phi) is 5.44. The van der Waals surface area contributed by atoms with Gasteiger partial charge in [-0.25, -0.2) is 0 Å². The molecule has 178 valence electrons. The van der Waals surface area contributed by atoms with Gasteiger partial charge in [-0.15, -0.1) is 0 Å². The lowest BCUT2D eigenvalue weighted by molar-refractivity contribution is -0.140. The summed E-state index contributed by atoms with van der Waals surface area (Å²) in [5, 5.41) is 31.6. The number of hydrogen-bond acceptors (Lipinski definition) is 9. The molecule has 1 atom stereocenters. The number of benzene rings is 3. The van der Waals surface area contributed by atoms with Gasteiger partial charge in [-0.05, 0) is 17.7 Å². The minimum atomic E-state index is -0.944. The third-order valence-electron chi connectivity index (χ3n) is 5.94. The highest BCUT2D eigenvalue weighted by atomic mass is 16.7. The first-order valence-corrected chi connectivity index (χ1v) is 10.7. The maximum atomic E-state index is 13.1. The number of phenolic OH excluding ortho intramolecular Hbond substituents is 3. The van der Waals surface area contributed by atoms with E-state index in [2.05, 4.69) is 0 Å². The van der Waals surface area contributed by atoms with E-state index in [9.17, 15) is 24.9 Å². The first-order valence-electron chi connectivity index (χ1n) is 10.7. The Morgan fingerprint density at radius 3 is 2.46 bits per heavy atom. The molecule has 2 heterocycles. The Morgan fingerprint density at radius 1 is 0.971 bits per heavy atom. The molecule has 0 fully saturated rings. The number of carbonyl (C=O) groups excluding carboxylic acids is 1. The molecule has 0 spiro atoms. The summed E-state index contributed by atoms with van der Waals surface area (Å²) in [4.78, 5) is 25.5. The number of fused-ring (bicyclic) bond motifs is 2. The highest BCUT2D eigenvalue weighted by Gasteiger charge is 2.32. The van der Waals surface area contributed by atoms with Crippen LogP contribution >= 0.6 is 0 Å². The fraction of sp³-hybridized carbons (Fsp3) is 0.154. The number of aromatic hydroxyl groups is 3. The van der Waals surface area contributed by atoms with Crippen molar-refractivity contribution in [2.45, 2.75) is 12.3 Å². The third-order valence-corrected chi connectivity index (χ3v) is 5.94. The molecule has 0 bridgehead atoms. The third kappa shape index (κ3) is 3.76. The molecule has 5 rings (SSSR count). The summed E-state index contributed by atoms with van der Waals surface area (Å²) in [5.74, 6) is -2.90. The predicted octanol–water partition coefficient (Wildman–Crippen LogP) is 4.00. The number of hydrogen-bond donors (Lipinski definition) is 3. The highest BCUT2D eigenvalue weighted by molar-refractivity contribution is 5.93. The van der Waals surface area contributed by atoms with Gasteiger partial charge in [0.25, 0.3) is 0 Å². The van der Waals surface area contributed by atoms with Crippen molar-refractivity contribution >= 4 is 16.9 Å². The van der Waals surface area contributed by atoms with Gasteiger partial charge in [0.05, 0.1) is 13.5 Å². The van der Waals surface area contributed by atoms with E-state index in [1.165, 1.54) is 13.2 Å². The van der Waals surface area contributed by atoms with E-state index >= 15 is 0 Å². The smallest absolute Gasteiger partial charge is 0.306 e. The van der Waals surface area contributed by atoms with Crippen molar-refractivity contribution in [1.29, 1.82) is 0 Å². The second-order valence-corrected chi connectivity index (χ2v) is 7.95. The normalized spacial score (nSPS) is 13.1. The van der Waals surface area contributed by atoms with Crippen molar-refractivity contribution in [3.05, 3.63) is 75.9 Å². The second kappa shape index (κ2) is 8.60. The van der Waals surface area contributed by atoms with Gasteiger partial charge in [-0.1, -0.05) is 36.4 Å². The average Bonchev–Trinajstić information content (AvgIpc) is 3.35. The summed E-state index contributed by atoms with van der Waals surface area (Å²) in [6.45, 7) is 0.0317. The molecule has 9 heteroatoms. The Bertz CT molecular complexity index is 1510. The summed E-state index contributed by atoms with van der Waals surface area (Å²) >= 11 is 0. The molecule has 0 amide bonds. The van der Waals surface area contributed by atoms with E-state index in [0.717, 1.165) is 0 Å². The molecule has 3 aromatic carbocycles. The molecule has 35 heavy (non-hydrogen) atoms. The largest absolute Gasteiger partial charge is 0.504 e. The van der Waals surface area contributed by atoms with Crippen LogP contribution in [0.15, 0.2) is 63.8 Å². The Morgan fingerprint density at radius 2 is 1.71 bits per heavy atom. The first-order chi connectivity index (χ1) is 16.9. The fourth-order valence-corrected chi connectivity index (χ4v) is 4.21. The SMILES string of the molecule is COC(=O)CC(c1ccc2c(c1)OCO2)c1c(O)c(O)c(O)c2c(=O)cc(-c3ccccc3)oc12. The standard InChI is InChI=1S/C26H20O9/c1-32-20(28)10-15(14-7-8-17-19(9-14)34-12-33-17)21-23(29)25(31)24(30)22-16(27)11-18(35-26(21)22)13-5-3-2-4-6-13/h2-9,11,15,29-31H,10,12H2,1H3. The molecule has 0 aliphatic carbocycles. The van der Waals surface area contributed by atoms with Crippen molar-refractivity contribution in [1.82, 2.24) is 0 Å². The fourth-order valence-electron chi connectivity index (χ4n) is 4.21. The number of esters is 1. The van der Waals surface area contributed by atoms with Crippen LogP contribution in [0.2, 0.25) is 0 Å². The van der Waals surface area contributed by atoms with Crippen LogP contribution in [-0.2, 0) is 9.53 Å². The first kappa shape index (κ1) is 22.1. The molecule has 0 saturated heterocycles. The summed E-state index contributed by atoms with van der Waals surface area (Å²) in [7, 11) is 1.22. The van der Waals surface area contributed by atoms with Crippen LogP contribution in [0.5, 0.6) is 28.7 Å². The molecule has 0 saturated carbocycles. The maximum absolute atomic E-state index is 13.1. The number of phenols is 3. The van der Waals surface area contributed by atoms with Crippen LogP contribution in [0, 0.1) is 0 Å². The molecule has 9 nitrogen and oxygen atoms in total. The van der Waals surface area contributed by atoms with Crippen LogP contribution in [0.4, 0.5) is 0 Å².